The van der Waals surface area contributed by atoms with Gasteiger partial charge in [-0.2, -0.15) is 5.10 Å². The van der Waals surface area contributed by atoms with Crippen LogP contribution in [-0.2, 0) is 9.59 Å². The summed E-state index contributed by atoms with van der Waals surface area (Å²) in [4.78, 5) is 24.3. The van der Waals surface area contributed by atoms with Crippen molar-refractivity contribution in [3.63, 3.8) is 0 Å². The number of carbonyl (C=O) groups is 2. The third-order valence-corrected chi connectivity index (χ3v) is 4.08. The Kier molecular flexibility index (Phi) is 4.57. The molecule has 0 radical (unpaired) electrons. The zero-order chi connectivity index (χ0) is 16.2. The van der Waals surface area contributed by atoms with Crippen molar-refractivity contribution < 1.29 is 14.0 Å². The minimum Gasteiger partial charge on any atom is -0.448 e. The summed E-state index contributed by atoms with van der Waals surface area (Å²) < 4.78 is 5.81. The number of nitrogens with zero attached hydrogens (tertiary/aromatic N) is 1. The van der Waals surface area contributed by atoms with Gasteiger partial charge < -0.3 is 9.73 Å². The van der Waals surface area contributed by atoms with Gasteiger partial charge in [0.25, 0.3) is 5.91 Å². The van der Waals surface area contributed by atoms with Crippen molar-refractivity contribution in [2.45, 2.75) is 5.92 Å². The molecule has 1 saturated heterocycles. The van der Waals surface area contributed by atoms with E-state index in [4.69, 9.17) is 4.42 Å². The van der Waals surface area contributed by atoms with E-state index in [1.54, 1.807) is 12.1 Å². The smallest absolute Gasteiger partial charge is 0.253 e. The Bertz CT molecular complexity index is 742. The molecule has 0 bridgehead atoms. The van der Waals surface area contributed by atoms with Crippen molar-refractivity contribution >= 4 is 34.0 Å². The predicted octanol–water partition coefficient (Wildman–Crippen LogP) is 2.02. The fraction of sp³-hybridized carbons (Fsp3) is 0.188. The largest absolute Gasteiger partial charge is 0.448 e. The first-order valence-corrected chi connectivity index (χ1v) is 7.85. The Hall–Kier alpha value is -2.41. The Morgan fingerprint density at radius 1 is 1.30 bits per heavy atom. The molecule has 0 spiro atoms. The second-order valence-electron chi connectivity index (χ2n) is 5.12. The Morgan fingerprint density at radius 3 is 2.78 bits per heavy atom. The van der Waals surface area contributed by atoms with E-state index in [2.05, 4.69) is 31.8 Å². The molecule has 2 aromatic rings. The Labute approximate surface area is 141 Å². The van der Waals surface area contributed by atoms with Crippen LogP contribution in [0.1, 0.15) is 17.2 Å². The SMILES string of the molecule is O=C1NCC(c2ccccc2)C1C(=O)NN=Cc1ccc(Br)o1. The van der Waals surface area contributed by atoms with Crippen LogP contribution < -0.4 is 10.7 Å². The first-order valence-electron chi connectivity index (χ1n) is 7.06. The van der Waals surface area contributed by atoms with E-state index in [0.717, 1.165) is 5.56 Å². The van der Waals surface area contributed by atoms with Gasteiger partial charge in [-0.25, -0.2) is 5.43 Å². The molecule has 2 atom stereocenters. The minimum atomic E-state index is -0.794. The molecule has 2 N–H and O–H groups in total. The van der Waals surface area contributed by atoms with Crippen LogP contribution in [0.3, 0.4) is 0 Å². The van der Waals surface area contributed by atoms with Crippen molar-refractivity contribution in [2.24, 2.45) is 11.0 Å². The van der Waals surface area contributed by atoms with Crippen molar-refractivity contribution in [3.05, 3.63) is 58.5 Å². The van der Waals surface area contributed by atoms with E-state index in [9.17, 15) is 9.59 Å². The number of benzene rings is 1. The van der Waals surface area contributed by atoms with Crippen LogP contribution in [0.15, 0.2) is 56.7 Å². The molecule has 3 rings (SSSR count). The summed E-state index contributed by atoms with van der Waals surface area (Å²) in [6.45, 7) is 0.440. The maximum atomic E-state index is 12.3. The van der Waals surface area contributed by atoms with Crippen molar-refractivity contribution in [3.8, 4) is 0 Å². The molecule has 1 aromatic heterocycles. The lowest BCUT2D eigenvalue weighted by Crippen LogP contribution is -2.34. The number of rotatable bonds is 4. The van der Waals surface area contributed by atoms with Crippen LogP contribution in [0.5, 0.6) is 0 Å². The van der Waals surface area contributed by atoms with E-state index in [-0.39, 0.29) is 11.8 Å². The lowest BCUT2D eigenvalue weighted by molar-refractivity contribution is -0.133. The molecular weight excluding hydrogens is 362 g/mol. The summed E-state index contributed by atoms with van der Waals surface area (Å²) in [6.07, 6.45) is 1.38. The second-order valence-corrected chi connectivity index (χ2v) is 5.90. The number of furan rings is 1. The minimum absolute atomic E-state index is 0.198. The molecule has 0 aliphatic carbocycles. The summed E-state index contributed by atoms with van der Waals surface area (Å²) in [7, 11) is 0. The van der Waals surface area contributed by atoms with Crippen molar-refractivity contribution in [2.75, 3.05) is 6.54 Å². The van der Waals surface area contributed by atoms with Crippen LogP contribution in [-0.4, -0.2) is 24.6 Å². The molecule has 2 heterocycles. The number of halogens is 1. The van der Waals surface area contributed by atoms with Gasteiger partial charge in [-0.15, -0.1) is 0 Å². The van der Waals surface area contributed by atoms with Gasteiger partial charge in [0, 0.05) is 12.5 Å². The van der Waals surface area contributed by atoms with E-state index in [1.807, 2.05) is 30.3 Å². The van der Waals surface area contributed by atoms with Crippen LogP contribution in [0.25, 0.3) is 0 Å². The number of hydrogen-bond acceptors (Lipinski definition) is 4. The molecule has 2 amide bonds. The third-order valence-electron chi connectivity index (χ3n) is 3.65. The number of carbonyl (C=O) groups excluding carboxylic acids is 2. The fourth-order valence-electron chi connectivity index (χ4n) is 2.56. The molecule has 1 fully saturated rings. The van der Waals surface area contributed by atoms with Crippen LogP contribution in [0.4, 0.5) is 0 Å². The van der Waals surface area contributed by atoms with Crippen LogP contribution >= 0.6 is 15.9 Å². The highest BCUT2D eigenvalue weighted by Gasteiger charge is 2.40. The van der Waals surface area contributed by atoms with E-state index >= 15 is 0 Å². The first kappa shape index (κ1) is 15.5. The number of hydrazone groups is 1. The Balaban J connectivity index is 1.69. The molecule has 1 aliphatic rings. The first-order chi connectivity index (χ1) is 11.1. The monoisotopic (exact) mass is 375 g/mol. The quantitative estimate of drug-likeness (QED) is 0.487. The molecule has 23 heavy (non-hydrogen) atoms. The summed E-state index contributed by atoms with van der Waals surface area (Å²) >= 11 is 3.18. The van der Waals surface area contributed by atoms with Crippen molar-refractivity contribution in [1.29, 1.82) is 0 Å². The number of amides is 2. The lowest BCUT2D eigenvalue weighted by Gasteiger charge is -2.15. The molecule has 0 saturated carbocycles. The molecule has 118 valence electrons. The predicted molar refractivity (Wildman–Crippen MR) is 87.8 cm³/mol. The normalized spacial score (nSPS) is 20.7. The van der Waals surface area contributed by atoms with Crippen LogP contribution in [0.2, 0.25) is 0 Å². The maximum absolute atomic E-state index is 12.3. The highest BCUT2D eigenvalue weighted by molar-refractivity contribution is 9.10. The summed E-state index contributed by atoms with van der Waals surface area (Å²) in [5.41, 5.74) is 3.36. The summed E-state index contributed by atoms with van der Waals surface area (Å²) in [5, 5.41) is 6.58. The van der Waals surface area contributed by atoms with E-state index in [1.165, 1.54) is 6.21 Å². The van der Waals surface area contributed by atoms with Gasteiger partial charge in [-0.1, -0.05) is 30.3 Å². The topological polar surface area (TPSA) is 83.7 Å². The Morgan fingerprint density at radius 2 is 2.09 bits per heavy atom. The van der Waals surface area contributed by atoms with Gasteiger partial charge in [0.15, 0.2) is 4.67 Å². The highest BCUT2D eigenvalue weighted by atomic mass is 79.9. The number of nitrogens with one attached hydrogen (secondary N) is 2. The molecule has 6 nitrogen and oxygen atoms in total. The van der Waals surface area contributed by atoms with E-state index in [0.29, 0.717) is 17.0 Å². The summed E-state index contributed by atoms with van der Waals surface area (Å²) in [6, 6.07) is 12.9. The molecule has 7 heteroatoms. The van der Waals surface area contributed by atoms with Gasteiger partial charge >= 0.3 is 0 Å². The highest BCUT2D eigenvalue weighted by Crippen LogP contribution is 2.28. The second kappa shape index (κ2) is 6.78. The number of hydrogen-bond donors (Lipinski definition) is 2. The third kappa shape index (κ3) is 3.50. The average Bonchev–Trinajstić information content (AvgIpc) is 3.14. The standard InChI is InChI=1S/C16H14BrN3O3/c17-13-7-6-11(23-13)8-19-20-16(22)14-12(9-18-15(14)21)10-4-2-1-3-5-10/h1-8,12,14H,9H2,(H,18,21)(H,20,22). The van der Waals surface area contributed by atoms with Gasteiger partial charge in [0.05, 0.1) is 6.21 Å². The zero-order valence-corrected chi connectivity index (χ0v) is 13.6. The van der Waals surface area contributed by atoms with Gasteiger partial charge in [0.2, 0.25) is 5.91 Å². The maximum Gasteiger partial charge on any atom is 0.253 e. The lowest BCUT2D eigenvalue weighted by atomic mass is 9.88. The molecule has 1 aliphatic heterocycles. The fourth-order valence-corrected chi connectivity index (χ4v) is 2.88. The van der Waals surface area contributed by atoms with Crippen molar-refractivity contribution in [1.82, 2.24) is 10.7 Å². The van der Waals surface area contributed by atoms with Crippen LogP contribution in [0, 0.1) is 5.92 Å². The van der Waals surface area contributed by atoms with Gasteiger partial charge in [0.1, 0.15) is 11.7 Å². The average molecular weight is 376 g/mol. The zero-order valence-electron chi connectivity index (χ0n) is 12.0. The van der Waals surface area contributed by atoms with Gasteiger partial charge in [-0.05, 0) is 33.6 Å². The van der Waals surface area contributed by atoms with E-state index < -0.39 is 11.8 Å². The van der Waals surface area contributed by atoms with Gasteiger partial charge in [-0.3, -0.25) is 9.59 Å². The molecule has 1 aromatic carbocycles. The molecular formula is C16H14BrN3O3. The summed E-state index contributed by atoms with van der Waals surface area (Å²) in [5.74, 6) is -1.22. The molecule has 2 unspecified atom stereocenters.